The largest absolute Gasteiger partial charge is 0.371 e. The molecule has 3 aromatic rings. The summed E-state index contributed by atoms with van der Waals surface area (Å²) in [5.41, 5.74) is 4.97. The fourth-order valence-corrected chi connectivity index (χ4v) is 3.67. The van der Waals surface area contributed by atoms with Crippen LogP contribution in [-0.4, -0.2) is 28.3 Å². The molecule has 23 heavy (non-hydrogen) atoms. The molecule has 0 aliphatic carbocycles. The van der Waals surface area contributed by atoms with Gasteiger partial charge in [0.1, 0.15) is 0 Å². The molecule has 0 atom stereocenters. The first-order valence-corrected chi connectivity index (χ1v) is 8.39. The highest BCUT2D eigenvalue weighted by molar-refractivity contribution is 5.93. The van der Waals surface area contributed by atoms with Gasteiger partial charge >= 0.3 is 0 Å². The number of hydrogen-bond acceptors (Lipinski definition) is 3. The molecular formula is C19H22N4. The van der Waals surface area contributed by atoms with Crippen molar-refractivity contribution < 1.29 is 0 Å². The SMILES string of the molecule is Cc1cccc2c(N3CCC(Cc4ccn[nH]4)CC3)ccnc12. The number of aromatic nitrogens is 3. The van der Waals surface area contributed by atoms with E-state index in [1.54, 1.807) is 0 Å². The van der Waals surface area contributed by atoms with Crippen molar-refractivity contribution in [2.45, 2.75) is 26.2 Å². The van der Waals surface area contributed by atoms with E-state index in [1.807, 2.05) is 12.4 Å². The van der Waals surface area contributed by atoms with Gasteiger partial charge in [0, 0.05) is 42.3 Å². The van der Waals surface area contributed by atoms with Crippen molar-refractivity contribution in [3.63, 3.8) is 0 Å². The molecule has 0 saturated carbocycles. The lowest BCUT2D eigenvalue weighted by molar-refractivity contribution is 0.401. The van der Waals surface area contributed by atoms with Gasteiger partial charge in [-0.25, -0.2) is 0 Å². The predicted octanol–water partition coefficient (Wildman–Crippen LogP) is 3.73. The van der Waals surface area contributed by atoms with Gasteiger partial charge in [-0.15, -0.1) is 0 Å². The van der Waals surface area contributed by atoms with Crippen LogP contribution >= 0.6 is 0 Å². The number of pyridine rings is 1. The van der Waals surface area contributed by atoms with E-state index >= 15 is 0 Å². The third kappa shape index (κ3) is 2.81. The Morgan fingerprint density at radius 3 is 2.78 bits per heavy atom. The molecule has 4 rings (SSSR count). The van der Waals surface area contributed by atoms with Crippen molar-refractivity contribution >= 4 is 16.6 Å². The number of para-hydroxylation sites is 1. The Hall–Kier alpha value is -2.36. The number of piperidine rings is 1. The minimum Gasteiger partial charge on any atom is -0.371 e. The van der Waals surface area contributed by atoms with E-state index in [2.05, 4.69) is 57.3 Å². The van der Waals surface area contributed by atoms with Gasteiger partial charge in [-0.3, -0.25) is 10.1 Å². The highest BCUT2D eigenvalue weighted by atomic mass is 15.1. The van der Waals surface area contributed by atoms with Gasteiger partial charge in [0.2, 0.25) is 0 Å². The lowest BCUT2D eigenvalue weighted by atomic mass is 9.91. The van der Waals surface area contributed by atoms with E-state index in [0.29, 0.717) is 0 Å². The smallest absolute Gasteiger partial charge is 0.0751 e. The van der Waals surface area contributed by atoms with E-state index in [0.717, 1.165) is 30.9 Å². The van der Waals surface area contributed by atoms with E-state index < -0.39 is 0 Å². The number of hydrogen-bond donors (Lipinski definition) is 1. The number of rotatable bonds is 3. The van der Waals surface area contributed by atoms with Gasteiger partial charge in [-0.1, -0.05) is 18.2 Å². The van der Waals surface area contributed by atoms with Crippen LogP contribution in [0.5, 0.6) is 0 Å². The Kier molecular flexibility index (Phi) is 3.74. The van der Waals surface area contributed by atoms with Crippen molar-refractivity contribution in [1.82, 2.24) is 15.2 Å². The predicted molar refractivity (Wildman–Crippen MR) is 93.7 cm³/mol. The van der Waals surface area contributed by atoms with Gasteiger partial charge in [-0.05, 0) is 49.8 Å². The highest BCUT2D eigenvalue weighted by Crippen LogP contribution is 2.31. The maximum absolute atomic E-state index is 4.56. The Balaban J connectivity index is 1.51. The van der Waals surface area contributed by atoms with Crippen LogP contribution in [0, 0.1) is 12.8 Å². The zero-order chi connectivity index (χ0) is 15.6. The molecule has 0 unspecified atom stereocenters. The minimum atomic E-state index is 0.751. The summed E-state index contributed by atoms with van der Waals surface area (Å²) < 4.78 is 0. The molecular weight excluding hydrogens is 284 g/mol. The Morgan fingerprint density at radius 1 is 1.13 bits per heavy atom. The second-order valence-corrected chi connectivity index (χ2v) is 6.52. The molecule has 1 fully saturated rings. The third-order valence-corrected chi connectivity index (χ3v) is 4.97. The van der Waals surface area contributed by atoms with Crippen LogP contribution < -0.4 is 4.90 Å². The number of H-pyrrole nitrogens is 1. The van der Waals surface area contributed by atoms with E-state index in [-0.39, 0.29) is 0 Å². The van der Waals surface area contributed by atoms with Crippen LogP contribution in [0.2, 0.25) is 0 Å². The quantitative estimate of drug-likeness (QED) is 0.802. The van der Waals surface area contributed by atoms with Gasteiger partial charge in [0.25, 0.3) is 0 Å². The number of aryl methyl sites for hydroxylation is 1. The van der Waals surface area contributed by atoms with Crippen LogP contribution in [0.3, 0.4) is 0 Å². The second-order valence-electron chi connectivity index (χ2n) is 6.52. The molecule has 3 heterocycles. The van der Waals surface area contributed by atoms with E-state index in [1.165, 1.54) is 35.2 Å². The molecule has 0 spiro atoms. The minimum absolute atomic E-state index is 0.751. The molecule has 0 bridgehead atoms. The molecule has 4 heteroatoms. The van der Waals surface area contributed by atoms with Crippen LogP contribution in [0.15, 0.2) is 42.7 Å². The zero-order valence-electron chi connectivity index (χ0n) is 13.5. The van der Waals surface area contributed by atoms with E-state index in [4.69, 9.17) is 0 Å². The van der Waals surface area contributed by atoms with Crippen LogP contribution in [0.25, 0.3) is 10.9 Å². The van der Waals surface area contributed by atoms with E-state index in [9.17, 15) is 0 Å². The number of nitrogens with zero attached hydrogens (tertiary/aromatic N) is 3. The van der Waals surface area contributed by atoms with Crippen LogP contribution in [0.1, 0.15) is 24.1 Å². The Bertz CT molecular complexity index is 786. The van der Waals surface area contributed by atoms with Crippen LogP contribution in [-0.2, 0) is 6.42 Å². The zero-order valence-corrected chi connectivity index (χ0v) is 13.5. The first-order valence-electron chi connectivity index (χ1n) is 8.39. The summed E-state index contributed by atoms with van der Waals surface area (Å²) in [5.74, 6) is 0.751. The topological polar surface area (TPSA) is 44.8 Å². The summed E-state index contributed by atoms with van der Waals surface area (Å²) in [6, 6.07) is 10.7. The number of nitrogens with one attached hydrogen (secondary N) is 1. The lowest BCUT2D eigenvalue weighted by Gasteiger charge is -2.34. The monoisotopic (exact) mass is 306 g/mol. The van der Waals surface area contributed by atoms with Gasteiger partial charge in [-0.2, -0.15) is 5.10 Å². The Labute approximate surface area is 136 Å². The first-order chi connectivity index (χ1) is 11.3. The normalized spacial score (nSPS) is 16.1. The van der Waals surface area contributed by atoms with Gasteiger partial charge < -0.3 is 4.90 Å². The van der Waals surface area contributed by atoms with Crippen molar-refractivity contribution in [2.24, 2.45) is 5.92 Å². The van der Waals surface area contributed by atoms with Gasteiger partial charge in [0.05, 0.1) is 5.52 Å². The number of anilines is 1. The fraction of sp³-hybridized carbons (Fsp3) is 0.368. The second kappa shape index (κ2) is 6.03. The maximum Gasteiger partial charge on any atom is 0.0751 e. The molecule has 1 N–H and O–H groups in total. The molecule has 2 aromatic heterocycles. The number of aromatic amines is 1. The summed E-state index contributed by atoms with van der Waals surface area (Å²) in [5, 5.41) is 8.41. The first kappa shape index (κ1) is 14.2. The summed E-state index contributed by atoms with van der Waals surface area (Å²) >= 11 is 0. The Morgan fingerprint density at radius 2 is 2.00 bits per heavy atom. The molecule has 1 aliphatic heterocycles. The number of benzene rings is 1. The molecule has 4 nitrogen and oxygen atoms in total. The molecule has 1 saturated heterocycles. The van der Waals surface area contributed by atoms with Crippen molar-refractivity contribution in [1.29, 1.82) is 0 Å². The summed E-state index contributed by atoms with van der Waals surface area (Å²) in [7, 11) is 0. The van der Waals surface area contributed by atoms with Crippen molar-refractivity contribution in [3.05, 3.63) is 54.0 Å². The van der Waals surface area contributed by atoms with Crippen LogP contribution in [0.4, 0.5) is 5.69 Å². The standard InChI is InChI=1S/C19H22N4/c1-14-3-2-4-17-18(6-9-20-19(14)17)23-11-7-15(8-12-23)13-16-5-10-21-22-16/h2-6,9-10,15H,7-8,11-13H2,1H3,(H,21,22). The molecule has 118 valence electrons. The molecule has 1 aromatic carbocycles. The molecule has 1 aliphatic rings. The molecule has 0 amide bonds. The molecule has 0 radical (unpaired) electrons. The average Bonchev–Trinajstić information content (AvgIpc) is 3.09. The maximum atomic E-state index is 4.56. The third-order valence-electron chi connectivity index (χ3n) is 4.97. The van der Waals surface area contributed by atoms with Crippen molar-refractivity contribution in [3.8, 4) is 0 Å². The van der Waals surface area contributed by atoms with Gasteiger partial charge in [0.15, 0.2) is 0 Å². The average molecular weight is 306 g/mol. The summed E-state index contributed by atoms with van der Waals surface area (Å²) in [4.78, 5) is 7.08. The summed E-state index contributed by atoms with van der Waals surface area (Å²) in [6.07, 6.45) is 7.37. The lowest BCUT2D eigenvalue weighted by Crippen LogP contribution is -2.34. The number of fused-ring (bicyclic) bond motifs is 1. The highest BCUT2D eigenvalue weighted by Gasteiger charge is 2.21. The van der Waals surface area contributed by atoms with Crippen molar-refractivity contribution in [2.75, 3.05) is 18.0 Å². The summed E-state index contributed by atoms with van der Waals surface area (Å²) in [6.45, 7) is 4.37. The fourth-order valence-electron chi connectivity index (χ4n) is 3.67.